The fourth-order valence-corrected chi connectivity index (χ4v) is 3.41. The first-order valence-corrected chi connectivity index (χ1v) is 9.62. The minimum atomic E-state index is -0.571. The van der Waals surface area contributed by atoms with E-state index in [2.05, 4.69) is 21.1 Å². The Morgan fingerprint density at radius 3 is 2.63 bits per heavy atom. The number of carbonyl (C=O) groups is 2. The molecular weight excluding hydrogens is 416 g/mol. The average Bonchev–Trinajstić information content (AvgIpc) is 3.40. The van der Waals surface area contributed by atoms with Crippen LogP contribution >= 0.6 is 15.9 Å². The minimum absolute atomic E-state index is 0.236. The number of benzene rings is 1. The summed E-state index contributed by atoms with van der Waals surface area (Å²) in [5.41, 5.74) is 1.12. The van der Waals surface area contributed by atoms with Crippen molar-refractivity contribution in [1.82, 2.24) is 5.16 Å². The molecule has 1 amide bonds. The van der Waals surface area contributed by atoms with Crippen molar-refractivity contribution in [3.05, 3.63) is 39.7 Å². The molecule has 2 aromatic rings. The number of hydrogen-bond donors (Lipinski definition) is 0. The van der Waals surface area contributed by atoms with E-state index >= 15 is 0 Å². The van der Waals surface area contributed by atoms with E-state index in [0.717, 1.165) is 12.8 Å². The van der Waals surface area contributed by atoms with Gasteiger partial charge in [-0.25, -0.2) is 4.79 Å². The van der Waals surface area contributed by atoms with Gasteiger partial charge in [0.05, 0.1) is 35.5 Å². The molecule has 0 atom stereocenters. The molecule has 7 nitrogen and oxygen atoms in total. The van der Waals surface area contributed by atoms with Crippen LogP contribution in [-0.2, 0) is 4.74 Å². The molecule has 1 saturated carbocycles. The van der Waals surface area contributed by atoms with E-state index in [1.54, 1.807) is 19.1 Å². The minimum Gasteiger partial charge on any atom is -0.490 e. The number of ketones is 1. The molecule has 1 aliphatic carbocycles. The van der Waals surface area contributed by atoms with Gasteiger partial charge in [-0.1, -0.05) is 5.16 Å². The molecule has 0 unspecified atom stereocenters. The molecule has 144 valence electrons. The van der Waals surface area contributed by atoms with Gasteiger partial charge in [0, 0.05) is 12.5 Å². The molecule has 0 saturated heterocycles. The van der Waals surface area contributed by atoms with Gasteiger partial charge < -0.3 is 14.0 Å². The Labute approximate surface area is 165 Å². The molecule has 8 heteroatoms. The Hall–Kier alpha value is -2.35. The summed E-state index contributed by atoms with van der Waals surface area (Å²) in [6.07, 6.45) is 2.83. The number of halogens is 1. The molecule has 1 aliphatic rings. The van der Waals surface area contributed by atoms with Gasteiger partial charge in [0.2, 0.25) is 0 Å². The summed E-state index contributed by atoms with van der Waals surface area (Å²) in [4.78, 5) is 27.1. The van der Waals surface area contributed by atoms with Crippen molar-refractivity contribution in [2.45, 2.75) is 32.6 Å². The second-order valence-corrected chi connectivity index (χ2v) is 6.98. The average molecular weight is 437 g/mol. The highest BCUT2D eigenvalue weighted by Crippen LogP contribution is 2.44. The van der Waals surface area contributed by atoms with E-state index in [1.165, 1.54) is 18.2 Å². The number of hydrogen-bond acceptors (Lipinski definition) is 6. The lowest BCUT2D eigenvalue weighted by molar-refractivity contribution is 0.103. The van der Waals surface area contributed by atoms with E-state index in [0.29, 0.717) is 45.9 Å². The highest BCUT2D eigenvalue weighted by atomic mass is 79.9. The number of amides is 1. The van der Waals surface area contributed by atoms with Crippen molar-refractivity contribution in [2.24, 2.45) is 0 Å². The SMILES string of the molecule is CCOc1c(Br)ccc(C(=O)c2cnoc2C2CC2)c1N(CC)C(=O)OC. The van der Waals surface area contributed by atoms with E-state index < -0.39 is 6.09 Å². The van der Waals surface area contributed by atoms with Gasteiger partial charge in [0.15, 0.2) is 17.3 Å². The monoisotopic (exact) mass is 436 g/mol. The largest absolute Gasteiger partial charge is 0.490 e. The van der Waals surface area contributed by atoms with E-state index in [4.69, 9.17) is 14.0 Å². The van der Waals surface area contributed by atoms with Crippen LogP contribution in [0.15, 0.2) is 27.3 Å². The lowest BCUT2D eigenvalue weighted by Crippen LogP contribution is -2.32. The molecule has 27 heavy (non-hydrogen) atoms. The zero-order valence-electron chi connectivity index (χ0n) is 15.5. The second-order valence-electron chi connectivity index (χ2n) is 6.13. The smallest absolute Gasteiger partial charge is 0.414 e. The third-order valence-electron chi connectivity index (χ3n) is 4.39. The lowest BCUT2D eigenvalue weighted by atomic mass is 9.99. The molecule has 1 aromatic heterocycles. The number of methoxy groups -OCH3 is 1. The van der Waals surface area contributed by atoms with Crippen molar-refractivity contribution >= 4 is 33.5 Å². The summed E-state index contributed by atoms with van der Waals surface area (Å²) in [6, 6.07) is 3.40. The Morgan fingerprint density at radius 2 is 2.04 bits per heavy atom. The fraction of sp³-hybridized carbons (Fsp3) is 0.421. The quantitative estimate of drug-likeness (QED) is 0.592. The van der Waals surface area contributed by atoms with Crippen LogP contribution in [0.4, 0.5) is 10.5 Å². The third kappa shape index (κ3) is 3.71. The highest BCUT2D eigenvalue weighted by molar-refractivity contribution is 9.10. The van der Waals surface area contributed by atoms with Crippen LogP contribution in [0.2, 0.25) is 0 Å². The molecule has 0 radical (unpaired) electrons. The van der Waals surface area contributed by atoms with Gasteiger partial charge in [-0.15, -0.1) is 0 Å². The van der Waals surface area contributed by atoms with Crippen molar-refractivity contribution in [3.8, 4) is 5.75 Å². The van der Waals surface area contributed by atoms with Gasteiger partial charge in [0.1, 0.15) is 5.69 Å². The maximum absolute atomic E-state index is 13.3. The van der Waals surface area contributed by atoms with Crippen LogP contribution in [0.5, 0.6) is 5.75 Å². The molecule has 0 spiro atoms. The highest BCUT2D eigenvalue weighted by Gasteiger charge is 2.35. The van der Waals surface area contributed by atoms with Crippen LogP contribution in [-0.4, -0.2) is 37.3 Å². The molecule has 3 rings (SSSR count). The van der Waals surface area contributed by atoms with Crippen LogP contribution in [0.3, 0.4) is 0 Å². The van der Waals surface area contributed by atoms with Gasteiger partial charge in [-0.2, -0.15) is 0 Å². The Bertz CT molecular complexity index is 860. The zero-order chi connectivity index (χ0) is 19.6. The van der Waals surface area contributed by atoms with Gasteiger partial charge >= 0.3 is 6.09 Å². The summed E-state index contributed by atoms with van der Waals surface area (Å²) in [7, 11) is 1.30. The Kier molecular flexibility index (Phi) is 5.84. The number of carbonyl (C=O) groups excluding carboxylic acids is 2. The summed E-state index contributed by atoms with van der Waals surface area (Å²) < 4.78 is 16.6. The van der Waals surface area contributed by atoms with Crippen LogP contribution < -0.4 is 9.64 Å². The first-order chi connectivity index (χ1) is 13.0. The molecule has 1 heterocycles. The number of anilines is 1. The van der Waals surface area contributed by atoms with Gasteiger partial charge in [0.25, 0.3) is 0 Å². The van der Waals surface area contributed by atoms with Gasteiger partial charge in [-0.05, 0) is 54.8 Å². The van der Waals surface area contributed by atoms with Gasteiger partial charge in [-0.3, -0.25) is 9.69 Å². The van der Waals surface area contributed by atoms with Crippen LogP contribution in [0.25, 0.3) is 0 Å². The van der Waals surface area contributed by atoms with Crippen molar-refractivity contribution in [2.75, 3.05) is 25.2 Å². The fourth-order valence-electron chi connectivity index (χ4n) is 2.97. The topological polar surface area (TPSA) is 81.9 Å². The van der Waals surface area contributed by atoms with Crippen molar-refractivity contribution in [3.63, 3.8) is 0 Å². The Morgan fingerprint density at radius 1 is 1.30 bits per heavy atom. The zero-order valence-corrected chi connectivity index (χ0v) is 17.0. The first kappa shape index (κ1) is 19.4. The second kappa shape index (κ2) is 8.12. The Balaban J connectivity index is 2.16. The van der Waals surface area contributed by atoms with Crippen molar-refractivity contribution in [1.29, 1.82) is 0 Å². The van der Waals surface area contributed by atoms with Crippen molar-refractivity contribution < 1.29 is 23.6 Å². The molecule has 0 N–H and O–H groups in total. The van der Waals surface area contributed by atoms with E-state index in [9.17, 15) is 9.59 Å². The standard InChI is InChI=1S/C19H21BrN2O5/c1-4-22(19(24)25-3)15-12(8-9-14(20)18(15)26-5-2)16(23)13-10-21-27-17(13)11-6-7-11/h8-11H,4-7H2,1-3H3. The molecule has 1 aromatic carbocycles. The van der Waals surface area contributed by atoms with E-state index in [1.807, 2.05) is 6.92 Å². The molecule has 0 bridgehead atoms. The first-order valence-electron chi connectivity index (χ1n) is 8.83. The maximum atomic E-state index is 13.3. The van der Waals surface area contributed by atoms with Crippen LogP contribution in [0, 0.1) is 0 Å². The normalized spacial score (nSPS) is 13.3. The summed E-state index contributed by atoms with van der Waals surface area (Å²) >= 11 is 3.45. The molecule has 1 fully saturated rings. The number of nitrogens with zero attached hydrogens (tertiary/aromatic N) is 2. The van der Waals surface area contributed by atoms with Crippen LogP contribution in [0.1, 0.15) is 54.3 Å². The predicted octanol–water partition coefficient (Wildman–Crippen LogP) is 4.54. The number of rotatable bonds is 7. The van der Waals surface area contributed by atoms with E-state index in [-0.39, 0.29) is 11.7 Å². The molecule has 0 aliphatic heterocycles. The summed E-state index contributed by atoms with van der Waals surface area (Å²) in [6.45, 7) is 4.33. The third-order valence-corrected chi connectivity index (χ3v) is 5.01. The lowest BCUT2D eigenvalue weighted by Gasteiger charge is -2.25. The predicted molar refractivity (Wildman–Crippen MR) is 103 cm³/mol. The summed E-state index contributed by atoms with van der Waals surface area (Å²) in [5.74, 6) is 0.997. The summed E-state index contributed by atoms with van der Waals surface area (Å²) in [5, 5.41) is 3.81. The maximum Gasteiger partial charge on any atom is 0.414 e. The molecular formula is C19H21BrN2O5. The number of ether oxygens (including phenoxy) is 2. The number of aromatic nitrogens is 1.